The van der Waals surface area contributed by atoms with Crippen LogP contribution in [0.3, 0.4) is 0 Å². The zero-order valence-corrected chi connectivity index (χ0v) is 15.8. The fraction of sp³-hybridized carbons (Fsp3) is 0.476. The molecule has 0 spiro atoms. The minimum absolute atomic E-state index is 0.116. The van der Waals surface area contributed by atoms with Crippen molar-refractivity contribution in [1.29, 1.82) is 0 Å². The first-order valence-corrected chi connectivity index (χ1v) is 9.44. The average Bonchev–Trinajstić information content (AvgIpc) is 3.15. The Morgan fingerprint density at radius 1 is 1.04 bits per heavy atom. The molecule has 1 saturated heterocycles. The second kappa shape index (κ2) is 9.01. The Kier molecular flexibility index (Phi) is 6.47. The highest BCUT2D eigenvalue weighted by Gasteiger charge is 2.23. The molecular weight excluding hydrogens is 326 g/mol. The number of carbonyl (C=O) groups excluding carboxylic acids is 1. The van der Waals surface area contributed by atoms with Gasteiger partial charge in [0.1, 0.15) is 5.76 Å². The van der Waals surface area contributed by atoms with Crippen molar-refractivity contribution >= 4 is 11.6 Å². The van der Waals surface area contributed by atoms with Crippen molar-refractivity contribution in [2.75, 3.05) is 44.2 Å². The minimum atomic E-state index is 0.116. The highest BCUT2D eigenvalue weighted by atomic mass is 16.3. The van der Waals surface area contributed by atoms with E-state index in [1.807, 2.05) is 47.4 Å². The summed E-state index contributed by atoms with van der Waals surface area (Å²) in [5, 5.41) is 0. The van der Waals surface area contributed by atoms with Crippen molar-refractivity contribution < 1.29 is 9.21 Å². The van der Waals surface area contributed by atoms with Gasteiger partial charge in [0.25, 0.3) is 0 Å². The number of carbonyl (C=O) groups is 1. The van der Waals surface area contributed by atoms with Gasteiger partial charge in [0, 0.05) is 38.4 Å². The number of rotatable bonds is 7. The molecule has 0 bridgehead atoms. The van der Waals surface area contributed by atoms with Crippen molar-refractivity contribution in [1.82, 2.24) is 9.80 Å². The van der Waals surface area contributed by atoms with Gasteiger partial charge < -0.3 is 14.2 Å². The summed E-state index contributed by atoms with van der Waals surface area (Å²) in [6, 6.07) is 13.6. The first-order valence-electron chi connectivity index (χ1n) is 9.44. The zero-order valence-electron chi connectivity index (χ0n) is 15.8. The fourth-order valence-corrected chi connectivity index (χ4v) is 3.41. The number of nitrogens with zero attached hydrogens (tertiary/aromatic N) is 3. The van der Waals surface area contributed by atoms with E-state index in [0.29, 0.717) is 19.0 Å². The highest BCUT2D eigenvalue weighted by Crippen LogP contribution is 2.18. The van der Waals surface area contributed by atoms with Crippen molar-refractivity contribution in [2.24, 2.45) is 5.92 Å². The summed E-state index contributed by atoms with van der Waals surface area (Å²) in [5.41, 5.74) is 0.910. The third-order valence-electron chi connectivity index (χ3n) is 4.71. The molecule has 1 aliphatic rings. The lowest BCUT2D eigenvalue weighted by Gasteiger charge is -2.36. The predicted octanol–water partition coefficient (Wildman–Crippen LogP) is 3.09. The van der Waals surface area contributed by atoms with Gasteiger partial charge in [-0.15, -0.1) is 0 Å². The highest BCUT2D eigenvalue weighted by molar-refractivity contribution is 5.94. The van der Waals surface area contributed by atoms with Crippen LogP contribution in [0.4, 0.5) is 5.69 Å². The Bertz CT molecular complexity index is 662. The van der Waals surface area contributed by atoms with E-state index in [0.717, 1.165) is 44.2 Å². The van der Waals surface area contributed by atoms with E-state index in [9.17, 15) is 4.79 Å². The molecule has 5 nitrogen and oxygen atoms in total. The van der Waals surface area contributed by atoms with Crippen LogP contribution in [0, 0.1) is 5.92 Å². The molecule has 26 heavy (non-hydrogen) atoms. The number of hydrogen-bond donors (Lipinski definition) is 0. The molecule has 140 valence electrons. The molecule has 1 aromatic heterocycles. The summed E-state index contributed by atoms with van der Waals surface area (Å²) in [5.74, 6) is 1.60. The predicted molar refractivity (Wildman–Crippen MR) is 104 cm³/mol. The SMILES string of the molecule is CC(C)CN1CCN(CC(=O)N(Cc2ccco2)c2ccccc2)CC1. The van der Waals surface area contributed by atoms with E-state index in [2.05, 4.69) is 23.6 Å². The number of amides is 1. The second-order valence-corrected chi connectivity index (χ2v) is 7.37. The summed E-state index contributed by atoms with van der Waals surface area (Å²) in [7, 11) is 0. The monoisotopic (exact) mass is 355 g/mol. The molecule has 0 N–H and O–H groups in total. The lowest BCUT2D eigenvalue weighted by atomic mass is 10.2. The smallest absolute Gasteiger partial charge is 0.241 e. The summed E-state index contributed by atoms with van der Waals surface area (Å²) in [6.45, 7) is 10.5. The first-order chi connectivity index (χ1) is 12.6. The van der Waals surface area contributed by atoms with Gasteiger partial charge in [-0.25, -0.2) is 0 Å². The van der Waals surface area contributed by atoms with Gasteiger partial charge in [-0.2, -0.15) is 0 Å². The molecule has 5 heteroatoms. The third-order valence-corrected chi connectivity index (χ3v) is 4.71. The summed E-state index contributed by atoms with van der Waals surface area (Å²) >= 11 is 0. The van der Waals surface area contributed by atoms with E-state index in [1.165, 1.54) is 0 Å². The largest absolute Gasteiger partial charge is 0.467 e. The number of benzene rings is 1. The van der Waals surface area contributed by atoms with Crippen LogP contribution in [-0.4, -0.2) is 55.0 Å². The molecular formula is C21H29N3O2. The standard InChI is InChI=1S/C21H29N3O2/c1-18(2)15-22-10-12-23(13-11-22)17-21(25)24(16-20-9-6-14-26-20)19-7-4-3-5-8-19/h3-9,14,18H,10-13,15-17H2,1-2H3. The topological polar surface area (TPSA) is 39.9 Å². The van der Waals surface area contributed by atoms with Crippen LogP contribution >= 0.6 is 0 Å². The summed E-state index contributed by atoms with van der Waals surface area (Å²) < 4.78 is 5.46. The molecule has 1 fully saturated rings. The maximum absolute atomic E-state index is 13.0. The summed E-state index contributed by atoms with van der Waals surface area (Å²) in [6.07, 6.45) is 1.65. The van der Waals surface area contributed by atoms with E-state index in [1.54, 1.807) is 6.26 Å². The normalized spacial score (nSPS) is 16.1. The molecule has 3 rings (SSSR count). The Hall–Kier alpha value is -2.11. The van der Waals surface area contributed by atoms with Crippen molar-refractivity contribution in [3.05, 3.63) is 54.5 Å². The van der Waals surface area contributed by atoms with Crippen molar-refractivity contribution in [3.63, 3.8) is 0 Å². The Balaban J connectivity index is 1.61. The zero-order chi connectivity index (χ0) is 18.4. The number of hydrogen-bond acceptors (Lipinski definition) is 4. The van der Waals surface area contributed by atoms with E-state index in [-0.39, 0.29) is 5.91 Å². The number of piperazine rings is 1. The molecule has 2 aromatic rings. The van der Waals surface area contributed by atoms with Gasteiger partial charge in [0.05, 0.1) is 19.4 Å². The van der Waals surface area contributed by atoms with Gasteiger partial charge in [-0.3, -0.25) is 9.69 Å². The van der Waals surface area contributed by atoms with Crippen LogP contribution in [0.1, 0.15) is 19.6 Å². The van der Waals surface area contributed by atoms with Crippen LogP contribution in [0.15, 0.2) is 53.1 Å². The maximum Gasteiger partial charge on any atom is 0.241 e. The van der Waals surface area contributed by atoms with E-state index >= 15 is 0 Å². The van der Waals surface area contributed by atoms with Crippen molar-refractivity contribution in [2.45, 2.75) is 20.4 Å². The first kappa shape index (κ1) is 18.7. The van der Waals surface area contributed by atoms with Crippen molar-refractivity contribution in [3.8, 4) is 0 Å². The number of anilines is 1. The Labute approximate surface area is 156 Å². The van der Waals surface area contributed by atoms with Crippen LogP contribution in [0.2, 0.25) is 0 Å². The van der Waals surface area contributed by atoms with E-state index < -0.39 is 0 Å². The van der Waals surface area contributed by atoms with Crippen LogP contribution in [-0.2, 0) is 11.3 Å². The third kappa shape index (κ3) is 5.19. The van der Waals surface area contributed by atoms with Gasteiger partial charge in [-0.1, -0.05) is 32.0 Å². The van der Waals surface area contributed by atoms with Gasteiger partial charge >= 0.3 is 0 Å². The molecule has 0 aliphatic carbocycles. The van der Waals surface area contributed by atoms with Crippen LogP contribution in [0.25, 0.3) is 0 Å². The Morgan fingerprint density at radius 3 is 2.35 bits per heavy atom. The van der Waals surface area contributed by atoms with Crippen LogP contribution in [0.5, 0.6) is 0 Å². The molecule has 0 unspecified atom stereocenters. The van der Waals surface area contributed by atoms with Crippen LogP contribution < -0.4 is 4.90 Å². The van der Waals surface area contributed by atoms with Gasteiger partial charge in [0.15, 0.2) is 0 Å². The summed E-state index contributed by atoms with van der Waals surface area (Å²) in [4.78, 5) is 19.6. The number of para-hydroxylation sites is 1. The maximum atomic E-state index is 13.0. The lowest BCUT2D eigenvalue weighted by molar-refractivity contribution is -0.120. The number of furan rings is 1. The minimum Gasteiger partial charge on any atom is -0.467 e. The average molecular weight is 355 g/mol. The molecule has 1 aliphatic heterocycles. The molecule has 1 aromatic carbocycles. The van der Waals surface area contributed by atoms with Gasteiger partial charge in [-0.05, 0) is 30.2 Å². The fourth-order valence-electron chi connectivity index (χ4n) is 3.41. The quantitative estimate of drug-likeness (QED) is 0.765. The molecule has 0 radical (unpaired) electrons. The molecule has 2 heterocycles. The molecule has 1 amide bonds. The second-order valence-electron chi connectivity index (χ2n) is 7.37. The molecule has 0 saturated carbocycles. The lowest BCUT2D eigenvalue weighted by Crippen LogP contribution is -2.50. The van der Waals surface area contributed by atoms with Gasteiger partial charge in [0.2, 0.25) is 5.91 Å². The van der Waals surface area contributed by atoms with E-state index in [4.69, 9.17) is 4.42 Å². The Morgan fingerprint density at radius 2 is 1.73 bits per heavy atom. The molecule has 0 atom stereocenters.